The number of hydrogen-bond donors (Lipinski definition) is 0. The lowest BCUT2D eigenvalue weighted by atomic mass is 9.97. The summed E-state index contributed by atoms with van der Waals surface area (Å²) in [4.78, 5) is 0.224. The summed E-state index contributed by atoms with van der Waals surface area (Å²) in [5, 5.41) is 0. The fraction of sp³-hybridized carbons (Fsp3) is 0.812. The van der Waals surface area contributed by atoms with Gasteiger partial charge in [-0.15, -0.1) is 0 Å². The topological polar surface area (TPSA) is 61.8 Å². The van der Waals surface area contributed by atoms with Gasteiger partial charge < -0.3 is 9.47 Å². The van der Waals surface area contributed by atoms with Gasteiger partial charge >= 0.3 is 0 Å². The van der Waals surface area contributed by atoms with Gasteiger partial charge in [-0.05, 0) is 50.7 Å². The van der Waals surface area contributed by atoms with E-state index in [0.717, 1.165) is 50.9 Å². The minimum absolute atomic E-state index is 0.224. The molecule has 0 aromatic heterocycles. The van der Waals surface area contributed by atoms with Crippen LogP contribution in [0, 0.1) is 12.8 Å². The molecular weight excluding hydrogens is 496 g/mol. The van der Waals surface area contributed by atoms with Crippen LogP contribution in [0.5, 0.6) is 0 Å². The van der Waals surface area contributed by atoms with Crippen molar-refractivity contribution in [1.29, 1.82) is 0 Å². The van der Waals surface area contributed by atoms with E-state index in [1.807, 2.05) is 6.92 Å². The first-order valence-electron chi connectivity index (χ1n) is 15.7. The van der Waals surface area contributed by atoms with E-state index in [-0.39, 0.29) is 17.6 Å². The van der Waals surface area contributed by atoms with Crippen LogP contribution in [0.3, 0.4) is 0 Å². The Kier molecular flexibility index (Phi) is 18.3. The monoisotopic (exact) mass is 552 g/mol. The zero-order valence-corrected chi connectivity index (χ0v) is 25.3. The van der Waals surface area contributed by atoms with E-state index in [4.69, 9.17) is 13.7 Å². The van der Waals surface area contributed by atoms with Gasteiger partial charge in [0, 0.05) is 13.2 Å². The van der Waals surface area contributed by atoms with Gasteiger partial charge in [0.25, 0.3) is 10.1 Å². The molecular formula is C32H56O5S. The van der Waals surface area contributed by atoms with Crippen molar-refractivity contribution < 1.29 is 22.1 Å². The number of aryl methyl sites for hydroxylation is 1. The highest BCUT2D eigenvalue weighted by Gasteiger charge is 2.25. The number of ether oxygens (including phenoxy) is 2. The molecule has 1 fully saturated rings. The quantitative estimate of drug-likeness (QED) is 0.0947. The van der Waals surface area contributed by atoms with Crippen LogP contribution < -0.4 is 0 Å². The summed E-state index contributed by atoms with van der Waals surface area (Å²) in [7, 11) is -3.65. The van der Waals surface area contributed by atoms with Crippen LogP contribution in [0.1, 0.15) is 128 Å². The third kappa shape index (κ3) is 15.6. The molecule has 0 bridgehead atoms. The van der Waals surface area contributed by atoms with Gasteiger partial charge in [0.05, 0.1) is 24.2 Å². The summed E-state index contributed by atoms with van der Waals surface area (Å²) >= 11 is 0. The first-order valence-corrected chi connectivity index (χ1v) is 17.1. The molecule has 1 aliphatic heterocycles. The van der Waals surface area contributed by atoms with Crippen LogP contribution in [0.25, 0.3) is 0 Å². The van der Waals surface area contributed by atoms with Crippen molar-refractivity contribution in [3.05, 3.63) is 29.8 Å². The molecule has 1 aliphatic rings. The second-order valence-electron chi connectivity index (χ2n) is 11.3. The van der Waals surface area contributed by atoms with Gasteiger partial charge in [-0.25, -0.2) is 0 Å². The molecule has 2 atom stereocenters. The second-order valence-corrected chi connectivity index (χ2v) is 12.9. The summed E-state index contributed by atoms with van der Waals surface area (Å²) in [5.41, 5.74) is 1.03. The predicted molar refractivity (Wildman–Crippen MR) is 157 cm³/mol. The lowest BCUT2D eigenvalue weighted by Crippen LogP contribution is -2.14. The molecule has 0 amide bonds. The summed E-state index contributed by atoms with van der Waals surface area (Å²) in [6.07, 6.45) is 23.2. The second kappa shape index (κ2) is 20.9. The van der Waals surface area contributed by atoms with Gasteiger partial charge in [0.2, 0.25) is 0 Å². The summed E-state index contributed by atoms with van der Waals surface area (Å²) in [6, 6.07) is 6.76. The number of rotatable bonds is 24. The molecule has 2 rings (SSSR count). The molecule has 38 heavy (non-hydrogen) atoms. The Balaban J connectivity index is 1.34. The van der Waals surface area contributed by atoms with Crippen molar-refractivity contribution in [3.8, 4) is 0 Å². The largest absolute Gasteiger partial charge is 0.379 e. The maximum atomic E-state index is 12.2. The highest BCUT2D eigenvalue weighted by molar-refractivity contribution is 7.86. The molecule has 0 saturated carbocycles. The van der Waals surface area contributed by atoms with E-state index >= 15 is 0 Å². The van der Waals surface area contributed by atoms with Gasteiger partial charge in [0.1, 0.15) is 0 Å². The molecule has 1 saturated heterocycles. The van der Waals surface area contributed by atoms with Crippen molar-refractivity contribution in [2.75, 3.05) is 26.4 Å². The van der Waals surface area contributed by atoms with Crippen LogP contribution in [-0.4, -0.2) is 40.9 Å². The average molecular weight is 553 g/mol. The van der Waals surface area contributed by atoms with E-state index in [2.05, 4.69) is 6.92 Å². The van der Waals surface area contributed by atoms with Crippen molar-refractivity contribution >= 4 is 10.1 Å². The fourth-order valence-corrected chi connectivity index (χ4v) is 6.13. The maximum absolute atomic E-state index is 12.2. The summed E-state index contributed by atoms with van der Waals surface area (Å²) in [6.45, 7) is 6.79. The van der Waals surface area contributed by atoms with Crippen molar-refractivity contribution in [2.45, 2.75) is 140 Å². The average Bonchev–Trinajstić information content (AvgIpc) is 3.36. The Morgan fingerprint density at radius 1 is 0.763 bits per heavy atom. The fourth-order valence-electron chi connectivity index (χ4n) is 5.19. The molecule has 6 heteroatoms. The summed E-state index contributed by atoms with van der Waals surface area (Å²) in [5.74, 6) is 0.711. The van der Waals surface area contributed by atoms with E-state index in [0.29, 0.717) is 12.5 Å². The Morgan fingerprint density at radius 3 is 1.95 bits per heavy atom. The van der Waals surface area contributed by atoms with Crippen LogP contribution in [0.4, 0.5) is 0 Å². The molecule has 5 nitrogen and oxygen atoms in total. The predicted octanol–water partition coefficient (Wildman–Crippen LogP) is 8.77. The molecule has 0 radical (unpaired) electrons. The molecule has 0 spiro atoms. The number of benzene rings is 1. The van der Waals surface area contributed by atoms with Crippen molar-refractivity contribution in [2.24, 2.45) is 5.92 Å². The third-order valence-corrected chi connectivity index (χ3v) is 8.99. The highest BCUT2D eigenvalue weighted by atomic mass is 32.2. The lowest BCUT2D eigenvalue weighted by molar-refractivity contribution is 0.0153. The van der Waals surface area contributed by atoms with Crippen LogP contribution in [0.2, 0.25) is 0 Å². The number of hydrogen-bond acceptors (Lipinski definition) is 5. The Morgan fingerprint density at radius 2 is 1.32 bits per heavy atom. The van der Waals surface area contributed by atoms with Crippen LogP contribution >= 0.6 is 0 Å². The standard InChI is InChI=1S/C32H56O5S/c1-3-4-5-6-7-8-9-10-11-12-13-16-19-30-26-31(36-27-30)28-35-24-17-14-15-18-25-37-38(33,34)32-22-20-29(2)21-23-32/h20-23,30-31H,3-19,24-28H2,1-2H3. The smallest absolute Gasteiger partial charge is 0.296 e. The minimum atomic E-state index is -3.65. The first kappa shape index (κ1) is 33.3. The Hall–Kier alpha value is -0.950. The van der Waals surface area contributed by atoms with Crippen LogP contribution in [-0.2, 0) is 23.8 Å². The normalized spacial score (nSPS) is 17.8. The van der Waals surface area contributed by atoms with Gasteiger partial charge in [-0.3, -0.25) is 4.18 Å². The summed E-state index contributed by atoms with van der Waals surface area (Å²) < 4.78 is 41.3. The highest BCUT2D eigenvalue weighted by Crippen LogP contribution is 2.25. The molecule has 0 N–H and O–H groups in total. The van der Waals surface area contributed by atoms with E-state index < -0.39 is 10.1 Å². The molecule has 1 aromatic carbocycles. The third-order valence-electron chi connectivity index (χ3n) is 7.66. The molecule has 220 valence electrons. The van der Waals surface area contributed by atoms with Gasteiger partial charge in [-0.2, -0.15) is 8.42 Å². The number of unbranched alkanes of at least 4 members (excludes halogenated alkanes) is 14. The molecule has 0 aliphatic carbocycles. The van der Waals surface area contributed by atoms with E-state index in [9.17, 15) is 8.42 Å². The molecule has 1 heterocycles. The van der Waals surface area contributed by atoms with Crippen LogP contribution in [0.15, 0.2) is 29.2 Å². The van der Waals surface area contributed by atoms with Gasteiger partial charge in [0.15, 0.2) is 0 Å². The van der Waals surface area contributed by atoms with Gasteiger partial charge in [-0.1, -0.05) is 115 Å². The molecule has 2 unspecified atom stereocenters. The molecule has 1 aromatic rings. The first-order chi connectivity index (χ1) is 18.5. The Labute approximate surface area is 234 Å². The van der Waals surface area contributed by atoms with E-state index in [1.54, 1.807) is 24.3 Å². The zero-order chi connectivity index (χ0) is 27.3. The van der Waals surface area contributed by atoms with E-state index in [1.165, 1.54) is 83.5 Å². The zero-order valence-electron chi connectivity index (χ0n) is 24.5. The van der Waals surface area contributed by atoms with Crippen molar-refractivity contribution in [3.63, 3.8) is 0 Å². The van der Waals surface area contributed by atoms with Crippen molar-refractivity contribution in [1.82, 2.24) is 0 Å². The Bertz CT molecular complexity index is 793. The lowest BCUT2D eigenvalue weighted by Gasteiger charge is -2.11. The minimum Gasteiger partial charge on any atom is -0.379 e. The SMILES string of the molecule is CCCCCCCCCCCCCCC1COC(COCCCCCCOS(=O)(=O)c2ccc(C)cc2)C1. The maximum Gasteiger partial charge on any atom is 0.296 e.